The summed E-state index contributed by atoms with van der Waals surface area (Å²) in [5.41, 5.74) is -2.30. The number of rotatable bonds is 5. The predicted molar refractivity (Wildman–Crippen MR) is 174 cm³/mol. The van der Waals surface area contributed by atoms with Crippen LogP contribution in [0.5, 0.6) is 5.75 Å². The van der Waals surface area contributed by atoms with Crippen molar-refractivity contribution in [1.29, 1.82) is 0 Å². The molecule has 7 rings (SSSR count). The lowest BCUT2D eigenvalue weighted by Gasteiger charge is -2.64. The Morgan fingerprint density at radius 1 is 1.06 bits per heavy atom. The van der Waals surface area contributed by atoms with Crippen molar-refractivity contribution in [2.24, 2.45) is 27.6 Å². The van der Waals surface area contributed by atoms with E-state index in [0.29, 0.717) is 24.2 Å². The Labute approximate surface area is 279 Å². The number of epoxide rings is 1. The van der Waals surface area contributed by atoms with Crippen LogP contribution in [0, 0.1) is 27.6 Å². The number of aliphatic carboxylic acids is 1. The molecule has 254 valence electrons. The zero-order valence-corrected chi connectivity index (χ0v) is 28.2. The van der Waals surface area contributed by atoms with Crippen molar-refractivity contribution >= 4 is 29.6 Å². The lowest BCUT2D eigenvalue weighted by molar-refractivity contribution is -0.200. The molecule has 4 aliphatic carbocycles. The van der Waals surface area contributed by atoms with Gasteiger partial charge in [-0.1, -0.05) is 38.1 Å². The van der Waals surface area contributed by atoms with Crippen molar-refractivity contribution in [1.82, 2.24) is 0 Å². The Bertz CT molecular complexity index is 1780. The van der Waals surface area contributed by atoms with Gasteiger partial charge in [0.05, 0.1) is 36.6 Å². The molecule has 48 heavy (non-hydrogen) atoms. The van der Waals surface area contributed by atoms with E-state index in [9.17, 15) is 24.3 Å². The number of aliphatic hydroxyl groups excluding tert-OH is 1. The number of Topliss-reactive ketones (excluding diaryl/α,β-unsaturated/α-hetero) is 1. The summed E-state index contributed by atoms with van der Waals surface area (Å²) in [5.74, 6) is -2.14. The van der Waals surface area contributed by atoms with Gasteiger partial charge in [0, 0.05) is 35.3 Å². The minimum absolute atomic E-state index is 0.0453. The Balaban J connectivity index is 0.000000261. The summed E-state index contributed by atoms with van der Waals surface area (Å²) < 4.78 is 23.0. The number of methoxy groups -OCH3 is 1. The van der Waals surface area contributed by atoms with Crippen LogP contribution in [0.4, 0.5) is 0 Å². The number of ether oxygens (including phenoxy) is 3. The minimum atomic E-state index is -1.17. The van der Waals surface area contributed by atoms with Crippen molar-refractivity contribution in [2.75, 3.05) is 7.11 Å². The van der Waals surface area contributed by atoms with Gasteiger partial charge in [-0.25, -0.2) is 4.79 Å². The van der Waals surface area contributed by atoms with Crippen LogP contribution in [0.15, 0.2) is 76.8 Å². The first-order chi connectivity index (χ1) is 22.5. The molecular formula is C38H42O10. The number of carbonyl (C=O) groups is 4. The summed E-state index contributed by atoms with van der Waals surface area (Å²) in [6, 6.07) is 9.17. The number of aliphatic hydroxyl groups is 1. The van der Waals surface area contributed by atoms with E-state index in [4.69, 9.17) is 23.7 Å². The average molecular weight is 659 g/mol. The van der Waals surface area contributed by atoms with Gasteiger partial charge in [0.25, 0.3) is 0 Å². The van der Waals surface area contributed by atoms with Crippen molar-refractivity contribution in [3.05, 3.63) is 83.5 Å². The zero-order chi connectivity index (χ0) is 35.0. The second-order valence-corrected chi connectivity index (χ2v) is 14.7. The number of carboxylic acids is 1. The highest BCUT2D eigenvalue weighted by Crippen LogP contribution is 2.81. The van der Waals surface area contributed by atoms with Crippen molar-refractivity contribution in [3.63, 3.8) is 0 Å². The van der Waals surface area contributed by atoms with Gasteiger partial charge in [-0.15, -0.1) is 0 Å². The largest absolute Gasteiger partial charge is 0.504 e. The molecule has 1 aromatic heterocycles. The number of furan rings is 1. The molecule has 2 heterocycles. The standard InChI is InChI=1S/C28H32O7.C10H10O3/c1-14(29)34-17-12-26(5)16(15-8-10-33-13-15)11-19-28(26,35-19)27(6)21(17)25(4)9-7-18(30)24(2,3)22(25)20(31)23(27)32;1-13-9-5-3-2-4-8(9)6-7-10(11)12/h7-10,13,16-17,19,21,31H,11-12H2,1-6H3;2-7H,1H3,(H,11,12). The average Bonchev–Trinajstić information content (AvgIpc) is 3.38. The third-order valence-corrected chi connectivity index (χ3v) is 11.9. The summed E-state index contributed by atoms with van der Waals surface area (Å²) in [6.45, 7) is 10.8. The van der Waals surface area contributed by atoms with Gasteiger partial charge < -0.3 is 28.8 Å². The number of fused-ring (bicyclic) bond motifs is 3. The molecule has 8 unspecified atom stereocenters. The molecule has 1 spiro atoms. The second-order valence-electron chi connectivity index (χ2n) is 14.7. The third-order valence-electron chi connectivity index (χ3n) is 11.9. The maximum Gasteiger partial charge on any atom is 0.328 e. The molecule has 1 aliphatic heterocycles. The van der Waals surface area contributed by atoms with Gasteiger partial charge in [-0.05, 0) is 75.0 Å². The van der Waals surface area contributed by atoms with Crippen LogP contribution >= 0.6 is 0 Å². The SMILES string of the molecule is CC(=O)OC1CC2(C)C(c3ccoc3)CC3OC32C2(C)C(=O)C(O)=C3C(C)(C)C(=O)C=CC3(C)C12.COc1ccccc1C=CC(=O)O. The van der Waals surface area contributed by atoms with Crippen molar-refractivity contribution in [2.45, 2.75) is 78.1 Å². The molecule has 10 nitrogen and oxygen atoms in total. The van der Waals surface area contributed by atoms with Gasteiger partial charge in [0.2, 0.25) is 5.78 Å². The minimum Gasteiger partial charge on any atom is -0.504 e. The van der Waals surface area contributed by atoms with E-state index in [1.807, 2.05) is 32.0 Å². The normalized spacial score (nSPS) is 37.1. The van der Waals surface area contributed by atoms with Crippen LogP contribution in [0.1, 0.15) is 71.4 Å². The first-order valence-corrected chi connectivity index (χ1v) is 16.1. The first kappa shape index (κ1) is 33.5. The fourth-order valence-electron chi connectivity index (χ4n) is 10.2. The van der Waals surface area contributed by atoms with E-state index in [0.717, 1.165) is 17.2 Å². The van der Waals surface area contributed by atoms with Gasteiger partial charge in [0.15, 0.2) is 11.5 Å². The summed E-state index contributed by atoms with van der Waals surface area (Å²) >= 11 is 0. The van der Waals surface area contributed by atoms with Crippen molar-refractivity contribution in [3.8, 4) is 5.75 Å². The molecule has 8 atom stereocenters. The Morgan fingerprint density at radius 2 is 1.77 bits per heavy atom. The summed E-state index contributed by atoms with van der Waals surface area (Å²) in [7, 11) is 1.55. The molecule has 0 bridgehead atoms. The number of benzene rings is 1. The Hall–Kier alpha value is -4.44. The van der Waals surface area contributed by atoms with Crippen LogP contribution in [0.2, 0.25) is 0 Å². The summed E-state index contributed by atoms with van der Waals surface area (Å²) in [5, 5.41) is 19.9. The van der Waals surface area contributed by atoms with Gasteiger partial charge in [0.1, 0.15) is 17.5 Å². The molecular weight excluding hydrogens is 616 g/mol. The molecule has 0 amide bonds. The molecule has 1 aromatic carbocycles. The Kier molecular flexibility index (Phi) is 7.70. The van der Waals surface area contributed by atoms with Gasteiger partial charge >= 0.3 is 11.9 Å². The van der Waals surface area contributed by atoms with Gasteiger partial charge in [-0.2, -0.15) is 0 Å². The van der Waals surface area contributed by atoms with E-state index in [1.165, 1.54) is 13.0 Å². The van der Waals surface area contributed by atoms with Crippen molar-refractivity contribution < 1.29 is 48.0 Å². The smallest absolute Gasteiger partial charge is 0.328 e. The number of allylic oxidation sites excluding steroid dienone is 4. The third kappa shape index (κ3) is 4.41. The number of ketones is 2. The molecule has 2 aromatic rings. The topological polar surface area (TPSA) is 153 Å². The summed E-state index contributed by atoms with van der Waals surface area (Å²) in [6.07, 6.45) is 9.75. The van der Waals surface area contributed by atoms with Crippen LogP contribution in [0.3, 0.4) is 0 Å². The van der Waals surface area contributed by atoms with Crippen LogP contribution in [0.25, 0.3) is 6.08 Å². The fraction of sp³-hybridized carbons (Fsp3) is 0.474. The van der Waals surface area contributed by atoms with E-state index in [2.05, 4.69) is 6.92 Å². The molecule has 1 saturated heterocycles. The molecule has 2 N–H and O–H groups in total. The molecule has 2 saturated carbocycles. The number of carbonyl (C=O) groups excluding carboxylic acids is 3. The number of hydrogen-bond acceptors (Lipinski definition) is 9. The molecule has 0 radical (unpaired) electrons. The first-order valence-electron chi connectivity index (χ1n) is 16.1. The summed E-state index contributed by atoms with van der Waals surface area (Å²) in [4.78, 5) is 49.8. The number of carboxylic acid groups (broad SMARTS) is 1. The van der Waals surface area contributed by atoms with Crippen LogP contribution < -0.4 is 4.74 Å². The predicted octanol–water partition coefficient (Wildman–Crippen LogP) is 6.23. The highest BCUT2D eigenvalue weighted by Gasteiger charge is 2.89. The van der Waals surface area contributed by atoms with E-state index in [-0.39, 0.29) is 23.6 Å². The monoisotopic (exact) mass is 658 g/mol. The van der Waals surface area contributed by atoms with Crippen LogP contribution in [-0.2, 0) is 28.7 Å². The zero-order valence-electron chi connectivity index (χ0n) is 28.2. The number of hydrogen-bond donors (Lipinski definition) is 2. The Morgan fingerprint density at radius 3 is 2.40 bits per heavy atom. The molecule has 5 aliphatic rings. The van der Waals surface area contributed by atoms with Gasteiger partial charge in [-0.3, -0.25) is 14.4 Å². The molecule has 3 fully saturated rings. The highest BCUT2D eigenvalue weighted by molar-refractivity contribution is 6.06. The quantitative estimate of drug-likeness (QED) is 0.215. The highest BCUT2D eigenvalue weighted by atomic mass is 16.6. The lowest BCUT2D eigenvalue weighted by Crippen LogP contribution is -2.70. The fourth-order valence-corrected chi connectivity index (χ4v) is 10.2. The number of esters is 1. The second kappa shape index (κ2) is 11.1. The molecule has 10 heteroatoms. The van der Waals surface area contributed by atoms with E-state index in [1.54, 1.807) is 57.8 Å². The lowest BCUT2D eigenvalue weighted by atomic mass is 9.38. The number of para-hydroxylation sites is 1. The maximum atomic E-state index is 14.3. The van der Waals surface area contributed by atoms with E-state index >= 15 is 0 Å². The maximum absolute atomic E-state index is 14.3. The van der Waals surface area contributed by atoms with Crippen LogP contribution in [-0.4, -0.2) is 58.6 Å². The van der Waals surface area contributed by atoms with E-state index < -0.39 is 57.0 Å².